The lowest BCUT2D eigenvalue weighted by atomic mass is 9.70. The summed E-state index contributed by atoms with van der Waals surface area (Å²) in [5.74, 6) is -4.11. The van der Waals surface area contributed by atoms with E-state index in [1.807, 2.05) is 30.3 Å². The van der Waals surface area contributed by atoms with Gasteiger partial charge in [-0.1, -0.05) is 75.8 Å². The molecule has 2 aromatic carbocycles. The Balaban J connectivity index is 1.35. The van der Waals surface area contributed by atoms with Crippen LogP contribution >= 0.6 is 15.9 Å². The standard InChI is InChI=1S/C38H45BrN6O8/c1-5-7-17-29(47)40-27(21-51-4)32(24-13-9-8-10-14-24)52-37(50)30-31-35(48)45(23(3)20-46)34(38(31)19-25(39)33(30)53-38)36(49)43(18-6-2)22-44-28-16-12-11-15-26(28)41-42-44/h5-6,8-16,23,25,27,30-34,46H,1-2,7,17-22H2,3-4H3,(H,40,47)/t23-,25?,27+,30+,31-,32+,33+,34+,38-/m1/s1. The van der Waals surface area contributed by atoms with Crippen molar-refractivity contribution in [2.24, 2.45) is 11.8 Å². The molecule has 282 valence electrons. The Morgan fingerprint density at radius 3 is 2.60 bits per heavy atom. The number of aliphatic hydroxyl groups excluding tert-OH is 1. The maximum Gasteiger partial charge on any atom is 0.313 e. The number of rotatable bonds is 17. The highest BCUT2D eigenvalue weighted by Crippen LogP contribution is 2.61. The largest absolute Gasteiger partial charge is 0.455 e. The van der Waals surface area contributed by atoms with Crippen molar-refractivity contribution >= 4 is 50.7 Å². The fourth-order valence-electron chi connectivity index (χ4n) is 8.03. The minimum absolute atomic E-state index is 0.00293. The molecule has 3 saturated heterocycles. The number of fused-ring (bicyclic) bond motifs is 2. The average Bonchev–Trinajstić information content (AvgIpc) is 3.89. The van der Waals surface area contributed by atoms with Crippen LogP contribution in [0.4, 0.5) is 0 Å². The van der Waals surface area contributed by atoms with Crippen LogP contribution in [0.2, 0.25) is 0 Å². The minimum atomic E-state index is -1.42. The van der Waals surface area contributed by atoms with Gasteiger partial charge in [0.25, 0.3) is 0 Å². The van der Waals surface area contributed by atoms with E-state index in [0.717, 1.165) is 0 Å². The molecule has 15 heteroatoms. The lowest BCUT2D eigenvalue weighted by molar-refractivity contribution is -0.163. The fraction of sp³-hybridized carbons (Fsp3) is 0.474. The van der Waals surface area contributed by atoms with Crippen molar-refractivity contribution in [2.45, 2.75) is 73.6 Å². The Morgan fingerprint density at radius 1 is 1.17 bits per heavy atom. The van der Waals surface area contributed by atoms with Gasteiger partial charge in [-0.15, -0.1) is 18.3 Å². The van der Waals surface area contributed by atoms with E-state index in [-0.39, 0.29) is 38.6 Å². The molecular weight excluding hydrogens is 748 g/mol. The molecule has 1 aromatic heterocycles. The average molecular weight is 794 g/mol. The van der Waals surface area contributed by atoms with E-state index >= 15 is 0 Å². The number of carbonyl (C=O) groups excluding carboxylic acids is 4. The highest BCUT2D eigenvalue weighted by molar-refractivity contribution is 9.09. The van der Waals surface area contributed by atoms with Crippen LogP contribution in [0, 0.1) is 11.8 Å². The Kier molecular flexibility index (Phi) is 11.8. The minimum Gasteiger partial charge on any atom is -0.455 e. The van der Waals surface area contributed by atoms with Gasteiger partial charge >= 0.3 is 5.97 Å². The first-order valence-corrected chi connectivity index (χ1v) is 18.6. The second kappa shape index (κ2) is 16.3. The number of likely N-dealkylation sites (tertiary alicyclic amines) is 1. The van der Waals surface area contributed by atoms with Crippen LogP contribution in [0.25, 0.3) is 11.0 Å². The second-order valence-corrected chi connectivity index (χ2v) is 14.9. The molecule has 2 bridgehead atoms. The van der Waals surface area contributed by atoms with Crippen molar-refractivity contribution in [1.29, 1.82) is 0 Å². The van der Waals surface area contributed by atoms with E-state index in [2.05, 4.69) is 44.7 Å². The molecule has 0 radical (unpaired) electrons. The number of hydrogen-bond donors (Lipinski definition) is 2. The molecule has 0 aliphatic carbocycles. The first-order chi connectivity index (χ1) is 25.6. The number of para-hydroxylation sites is 1. The molecule has 1 unspecified atom stereocenters. The van der Waals surface area contributed by atoms with Gasteiger partial charge in [-0.05, 0) is 37.5 Å². The number of carbonyl (C=O) groups is 4. The van der Waals surface area contributed by atoms with E-state index in [9.17, 15) is 24.3 Å². The van der Waals surface area contributed by atoms with Crippen LogP contribution < -0.4 is 5.32 Å². The number of allylic oxidation sites excluding steroid dienone is 1. The third-order valence-electron chi connectivity index (χ3n) is 10.4. The summed E-state index contributed by atoms with van der Waals surface area (Å²) in [5.41, 5.74) is 0.564. The van der Waals surface area contributed by atoms with Gasteiger partial charge in [0.15, 0.2) is 0 Å². The number of hydrogen-bond acceptors (Lipinski definition) is 10. The molecule has 14 nitrogen and oxygen atoms in total. The van der Waals surface area contributed by atoms with Crippen molar-refractivity contribution in [3.8, 4) is 0 Å². The Labute approximate surface area is 316 Å². The van der Waals surface area contributed by atoms with E-state index in [4.69, 9.17) is 14.2 Å². The van der Waals surface area contributed by atoms with Gasteiger partial charge in [0.2, 0.25) is 17.7 Å². The van der Waals surface area contributed by atoms with Crippen LogP contribution in [-0.4, -0.2) is 115 Å². The van der Waals surface area contributed by atoms with Crippen molar-refractivity contribution in [1.82, 2.24) is 30.1 Å². The molecule has 2 N–H and O–H groups in total. The predicted molar refractivity (Wildman–Crippen MR) is 197 cm³/mol. The summed E-state index contributed by atoms with van der Waals surface area (Å²) in [5, 5.41) is 21.8. The zero-order valence-electron chi connectivity index (χ0n) is 29.8. The number of esters is 1. The maximum atomic E-state index is 14.9. The van der Waals surface area contributed by atoms with Gasteiger partial charge in [-0.25, -0.2) is 4.68 Å². The normalized spacial score (nSPS) is 26.2. The number of benzene rings is 2. The van der Waals surface area contributed by atoms with Crippen LogP contribution in [0.1, 0.15) is 37.9 Å². The van der Waals surface area contributed by atoms with E-state index in [1.165, 1.54) is 16.9 Å². The quantitative estimate of drug-likeness (QED) is 0.118. The van der Waals surface area contributed by atoms with Gasteiger partial charge in [-0.2, -0.15) is 0 Å². The molecule has 3 aliphatic heterocycles. The smallest absolute Gasteiger partial charge is 0.313 e. The number of ether oxygens (including phenoxy) is 3. The van der Waals surface area contributed by atoms with E-state index < -0.39 is 77.0 Å². The zero-order valence-corrected chi connectivity index (χ0v) is 31.3. The summed E-state index contributed by atoms with van der Waals surface area (Å²) in [7, 11) is 1.49. The van der Waals surface area contributed by atoms with Crippen LogP contribution in [0.5, 0.6) is 0 Å². The van der Waals surface area contributed by atoms with E-state index in [1.54, 1.807) is 48.0 Å². The first-order valence-electron chi connectivity index (χ1n) is 17.7. The summed E-state index contributed by atoms with van der Waals surface area (Å²) < 4.78 is 20.1. The van der Waals surface area contributed by atoms with Crippen molar-refractivity contribution in [2.75, 3.05) is 26.9 Å². The molecule has 6 rings (SSSR count). The first kappa shape index (κ1) is 38.3. The summed E-state index contributed by atoms with van der Waals surface area (Å²) in [6.07, 6.45) is 2.35. The summed E-state index contributed by atoms with van der Waals surface area (Å²) in [6.45, 7) is 8.92. The van der Waals surface area contributed by atoms with Gasteiger partial charge in [0.05, 0.1) is 48.8 Å². The second-order valence-electron chi connectivity index (χ2n) is 13.7. The third kappa shape index (κ3) is 7.14. The molecule has 3 aliphatic rings. The molecule has 0 saturated carbocycles. The molecule has 3 fully saturated rings. The summed E-state index contributed by atoms with van der Waals surface area (Å²) >= 11 is 3.71. The lowest BCUT2D eigenvalue weighted by Gasteiger charge is -2.38. The number of aliphatic hydroxyl groups is 1. The van der Waals surface area contributed by atoms with Crippen LogP contribution in [0.15, 0.2) is 79.9 Å². The zero-order chi connectivity index (χ0) is 37.9. The molecular formula is C38H45BrN6O8. The van der Waals surface area contributed by atoms with Gasteiger partial charge in [0, 0.05) is 24.9 Å². The lowest BCUT2D eigenvalue weighted by Crippen LogP contribution is -2.58. The number of methoxy groups -OCH3 is 1. The van der Waals surface area contributed by atoms with Crippen LogP contribution in [0.3, 0.4) is 0 Å². The fourth-order valence-corrected chi connectivity index (χ4v) is 8.98. The molecule has 3 aromatic rings. The van der Waals surface area contributed by atoms with E-state index in [0.29, 0.717) is 23.0 Å². The van der Waals surface area contributed by atoms with Gasteiger partial charge in [0.1, 0.15) is 29.9 Å². The maximum absolute atomic E-state index is 14.9. The molecule has 3 amide bonds. The van der Waals surface area contributed by atoms with Gasteiger partial charge < -0.3 is 34.4 Å². The van der Waals surface area contributed by atoms with Crippen molar-refractivity contribution in [3.63, 3.8) is 0 Å². The number of halogens is 1. The van der Waals surface area contributed by atoms with Crippen molar-refractivity contribution in [3.05, 3.63) is 85.5 Å². The molecule has 53 heavy (non-hydrogen) atoms. The number of aromatic nitrogens is 3. The number of nitrogens with one attached hydrogen (secondary N) is 1. The predicted octanol–water partition coefficient (Wildman–Crippen LogP) is 2.91. The van der Waals surface area contributed by atoms with Crippen LogP contribution in [-0.2, 0) is 40.1 Å². The Hall–Kier alpha value is -4.44. The number of nitrogens with zero attached hydrogens (tertiary/aromatic N) is 5. The topological polar surface area (TPSA) is 165 Å². The monoisotopic (exact) mass is 792 g/mol. The van der Waals surface area contributed by atoms with Gasteiger partial charge in [-0.3, -0.25) is 19.2 Å². The number of alkyl halides is 1. The summed E-state index contributed by atoms with van der Waals surface area (Å²) in [6, 6.07) is 13.6. The Bertz CT molecular complexity index is 1840. The molecule has 9 atom stereocenters. The number of amides is 3. The molecule has 1 spiro atoms. The Morgan fingerprint density at radius 2 is 1.91 bits per heavy atom. The van der Waals surface area contributed by atoms with Crippen molar-refractivity contribution < 1.29 is 38.5 Å². The summed E-state index contributed by atoms with van der Waals surface area (Å²) in [4.78, 5) is 59.4. The third-order valence-corrected chi connectivity index (χ3v) is 11.2. The highest BCUT2D eigenvalue weighted by atomic mass is 79.9. The highest BCUT2D eigenvalue weighted by Gasteiger charge is 2.77. The SMILES string of the molecule is C=CCCC(=O)N[C@@H](COC)[C@@H](OC(=O)[C@@H]1[C@H]2O[C@@]3(CC2Br)[C@H](C(=O)N(CC=C)Cn2nnc4ccccc42)N([C@H](C)CO)C(=O)[C@@H]13)c1ccccc1. The molecule has 4 heterocycles.